The Kier molecular flexibility index (Phi) is 6.08. The van der Waals surface area contributed by atoms with E-state index in [4.69, 9.17) is 4.74 Å². The Labute approximate surface area is 210 Å². The van der Waals surface area contributed by atoms with Gasteiger partial charge in [0.15, 0.2) is 0 Å². The van der Waals surface area contributed by atoms with Crippen LogP contribution in [-0.4, -0.2) is 54.7 Å². The number of hydrogen-bond acceptors (Lipinski definition) is 5. The Balaban J connectivity index is 1.81. The molecule has 0 aliphatic carbocycles. The molecule has 3 heterocycles. The van der Waals surface area contributed by atoms with Gasteiger partial charge in [0.25, 0.3) is 0 Å². The van der Waals surface area contributed by atoms with Gasteiger partial charge in [-0.05, 0) is 47.5 Å². The number of nitrogens with zero attached hydrogens (tertiary/aromatic N) is 4. The van der Waals surface area contributed by atoms with Gasteiger partial charge >= 0.3 is 0 Å². The van der Waals surface area contributed by atoms with E-state index >= 15 is 0 Å². The number of ether oxygens (including phenoxy) is 1. The molecule has 188 valence electrons. The number of aromatic nitrogens is 3. The zero-order chi connectivity index (χ0) is 25.7. The smallest absolute Gasteiger partial charge is 0.149 e. The molecule has 4 aromatic rings. The molecule has 0 atom stereocenters. The van der Waals surface area contributed by atoms with Crippen LogP contribution in [0.15, 0.2) is 53.8 Å². The van der Waals surface area contributed by atoms with Gasteiger partial charge in [0.2, 0.25) is 0 Å². The minimum Gasteiger partial charge on any atom is -0.384 e. The summed E-state index contributed by atoms with van der Waals surface area (Å²) in [6, 6.07) is 10.8. The van der Waals surface area contributed by atoms with E-state index in [1.165, 1.54) is 18.4 Å². The Morgan fingerprint density at radius 3 is 2.61 bits per heavy atom. The number of benzene rings is 2. The molecule has 1 aliphatic heterocycles. The second kappa shape index (κ2) is 8.97. The third kappa shape index (κ3) is 4.49. The number of hydrogen-bond donors (Lipinski definition) is 0. The molecule has 0 spiro atoms. The summed E-state index contributed by atoms with van der Waals surface area (Å²) in [4.78, 5) is 4.45. The number of aryl methyl sites for hydroxylation is 1. The fourth-order valence-corrected chi connectivity index (χ4v) is 5.51. The summed E-state index contributed by atoms with van der Waals surface area (Å²) in [5, 5.41) is 5.51. The third-order valence-electron chi connectivity index (χ3n) is 6.56. The molecular weight excluding hydrogens is 479 g/mol. The summed E-state index contributed by atoms with van der Waals surface area (Å²) in [6.07, 6.45) is 6.79. The molecule has 7 nitrogen and oxygen atoms in total. The molecule has 36 heavy (non-hydrogen) atoms. The normalized spacial score (nSPS) is 13.6. The SMILES string of the molecule is COCC(C)(C)c1c(-c2cnn(CCS(C)(=O)=O)c2)c2cc3c(cc2n1-c1ccc(F)cc1)C=NC3. The Morgan fingerprint density at radius 2 is 1.92 bits per heavy atom. The van der Waals surface area contributed by atoms with Gasteiger partial charge in [-0.1, -0.05) is 13.8 Å². The largest absolute Gasteiger partial charge is 0.384 e. The van der Waals surface area contributed by atoms with E-state index in [-0.39, 0.29) is 18.1 Å². The van der Waals surface area contributed by atoms with Crippen LogP contribution in [0.5, 0.6) is 0 Å². The predicted molar refractivity (Wildman–Crippen MR) is 140 cm³/mol. The molecule has 0 radical (unpaired) electrons. The van der Waals surface area contributed by atoms with Gasteiger partial charge in [-0.2, -0.15) is 5.10 Å². The van der Waals surface area contributed by atoms with E-state index in [2.05, 4.69) is 40.6 Å². The lowest BCUT2D eigenvalue weighted by atomic mass is 9.85. The highest BCUT2D eigenvalue weighted by Gasteiger charge is 2.33. The van der Waals surface area contributed by atoms with Crippen LogP contribution in [0.1, 0.15) is 30.7 Å². The van der Waals surface area contributed by atoms with E-state index in [0.29, 0.717) is 13.2 Å². The minimum absolute atomic E-state index is 0.0122. The van der Waals surface area contributed by atoms with Gasteiger partial charge in [-0.25, -0.2) is 12.8 Å². The Bertz CT molecular complexity index is 1580. The number of fused-ring (bicyclic) bond motifs is 2. The first-order valence-corrected chi connectivity index (χ1v) is 13.8. The second-order valence-corrected chi connectivity index (χ2v) is 12.3. The number of aliphatic imine (C=N–C) groups is 1. The molecule has 9 heteroatoms. The Morgan fingerprint density at radius 1 is 1.17 bits per heavy atom. The number of halogens is 1. The van der Waals surface area contributed by atoms with Gasteiger partial charge < -0.3 is 9.30 Å². The molecule has 0 saturated carbocycles. The molecule has 5 rings (SSSR count). The average molecular weight is 509 g/mol. The fourth-order valence-electron chi connectivity index (χ4n) is 4.99. The molecular formula is C27H29FN4O3S. The van der Waals surface area contributed by atoms with Crippen molar-refractivity contribution in [3.05, 3.63) is 71.4 Å². The lowest BCUT2D eigenvalue weighted by molar-refractivity contribution is 0.144. The van der Waals surface area contributed by atoms with Crippen molar-refractivity contribution < 1.29 is 17.5 Å². The number of methoxy groups -OCH3 is 1. The third-order valence-corrected chi connectivity index (χ3v) is 7.49. The fraction of sp³-hybridized carbons (Fsp3) is 0.333. The lowest BCUT2D eigenvalue weighted by Gasteiger charge is -2.28. The highest BCUT2D eigenvalue weighted by atomic mass is 32.2. The van der Waals surface area contributed by atoms with Crippen molar-refractivity contribution >= 4 is 27.0 Å². The number of rotatable bonds is 8. The van der Waals surface area contributed by atoms with Gasteiger partial charge in [0, 0.05) is 59.1 Å². The molecule has 2 aromatic heterocycles. The Hall–Kier alpha value is -3.30. The molecule has 2 aromatic carbocycles. The van der Waals surface area contributed by atoms with Crippen LogP contribution >= 0.6 is 0 Å². The van der Waals surface area contributed by atoms with Crippen LogP contribution in [0.2, 0.25) is 0 Å². The van der Waals surface area contributed by atoms with E-state index < -0.39 is 15.3 Å². The van der Waals surface area contributed by atoms with Crippen LogP contribution in [0.25, 0.3) is 27.7 Å². The van der Waals surface area contributed by atoms with Crippen molar-refractivity contribution in [2.75, 3.05) is 25.7 Å². The molecule has 0 amide bonds. The van der Waals surface area contributed by atoms with Crippen LogP contribution in [0.3, 0.4) is 0 Å². The topological polar surface area (TPSA) is 78.5 Å². The summed E-state index contributed by atoms with van der Waals surface area (Å²) < 4.78 is 46.8. The molecule has 0 N–H and O–H groups in total. The molecule has 0 unspecified atom stereocenters. The van der Waals surface area contributed by atoms with E-state index in [1.54, 1.807) is 30.1 Å². The highest BCUT2D eigenvalue weighted by Crippen LogP contribution is 2.44. The van der Waals surface area contributed by atoms with E-state index in [1.807, 2.05) is 12.4 Å². The maximum Gasteiger partial charge on any atom is 0.149 e. The average Bonchev–Trinajstić information content (AvgIpc) is 3.53. The standard InChI is InChI=1S/C27H29FN4O3S/c1-27(2,17-35-3)26-25(20-15-30-31(16-20)9-10-36(4,33)34)23-11-18-13-29-14-19(18)12-24(23)32(26)22-7-5-21(28)6-8-22/h5-8,11-12,14-16H,9-10,13,17H2,1-4H3. The number of sulfone groups is 1. The maximum atomic E-state index is 13.9. The van der Waals surface area contributed by atoms with Gasteiger partial charge in [-0.3, -0.25) is 9.67 Å². The molecule has 0 bridgehead atoms. The van der Waals surface area contributed by atoms with Gasteiger partial charge in [0.1, 0.15) is 15.7 Å². The van der Waals surface area contributed by atoms with Crippen molar-refractivity contribution in [2.45, 2.75) is 32.4 Å². The van der Waals surface area contributed by atoms with Gasteiger partial charge in [0.05, 0.1) is 37.2 Å². The highest BCUT2D eigenvalue weighted by molar-refractivity contribution is 7.90. The first-order chi connectivity index (χ1) is 17.1. The summed E-state index contributed by atoms with van der Waals surface area (Å²) in [5.74, 6) is -0.286. The lowest BCUT2D eigenvalue weighted by Crippen LogP contribution is -2.27. The van der Waals surface area contributed by atoms with Crippen LogP contribution in [0, 0.1) is 5.82 Å². The zero-order valence-electron chi connectivity index (χ0n) is 20.8. The molecule has 0 fully saturated rings. The van der Waals surface area contributed by atoms with Crippen molar-refractivity contribution in [3.8, 4) is 16.8 Å². The van der Waals surface area contributed by atoms with Crippen LogP contribution in [-0.2, 0) is 33.1 Å². The summed E-state index contributed by atoms with van der Waals surface area (Å²) in [6.45, 7) is 5.60. The quantitative estimate of drug-likeness (QED) is 0.350. The minimum atomic E-state index is -3.12. The van der Waals surface area contributed by atoms with Crippen LogP contribution in [0.4, 0.5) is 4.39 Å². The predicted octanol–water partition coefficient (Wildman–Crippen LogP) is 4.53. The zero-order valence-corrected chi connectivity index (χ0v) is 21.6. The second-order valence-electron chi connectivity index (χ2n) is 10.0. The van der Waals surface area contributed by atoms with Crippen LogP contribution < -0.4 is 0 Å². The van der Waals surface area contributed by atoms with Crippen molar-refractivity contribution in [2.24, 2.45) is 4.99 Å². The van der Waals surface area contributed by atoms with Gasteiger partial charge in [-0.15, -0.1) is 0 Å². The van der Waals surface area contributed by atoms with Crippen molar-refractivity contribution in [1.82, 2.24) is 14.3 Å². The first-order valence-electron chi connectivity index (χ1n) is 11.7. The summed E-state index contributed by atoms with van der Waals surface area (Å²) >= 11 is 0. The monoisotopic (exact) mass is 508 g/mol. The molecule has 1 aliphatic rings. The van der Waals surface area contributed by atoms with Crippen molar-refractivity contribution in [1.29, 1.82) is 0 Å². The molecule has 0 saturated heterocycles. The first kappa shape index (κ1) is 24.4. The van der Waals surface area contributed by atoms with Crippen molar-refractivity contribution in [3.63, 3.8) is 0 Å². The summed E-state index contributed by atoms with van der Waals surface area (Å²) in [5.41, 5.74) is 6.48. The van der Waals surface area contributed by atoms with E-state index in [9.17, 15) is 12.8 Å². The maximum absolute atomic E-state index is 13.9. The van der Waals surface area contributed by atoms with E-state index in [0.717, 1.165) is 44.5 Å². The summed E-state index contributed by atoms with van der Waals surface area (Å²) in [7, 11) is -1.44.